The van der Waals surface area contributed by atoms with Crippen LogP contribution in [0.4, 0.5) is 21.5 Å². The molecule has 1 heterocycles. The maximum Gasteiger partial charge on any atom is 0.309 e. The standard InChI is InChI=1S/C32H30ClFN4O5/c1-4-20-6-8-23(9-7-20)36-31(40)26-16-22(33)17-28(42-3)29(26)37-30(39)25-11-10-24(18-27(25)34)35-19-38-14-12-21(13-15-38)32(41)43-5-2/h1,6-11,16-19,21H,5,12-15H2,2-3H3,(H,36,40)(H,37,39). The van der Waals surface area contributed by atoms with Crippen LogP contribution in [0.15, 0.2) is 59.6 Å². The number of nitrogens with zero attached hydrogens (tertiary/aromatic N) is 2. The molecule has 0 radical (unpaired) electrons. The van der Waals surface area contributed by atoms with Crippen LogP contribution in [0.3, 0.4) is 0 Å². The van der Waals surface area contributed by atoms with Gasteiger partial charge in [-0.1, -0.05) is 17.5 Å². The number of carbonyl (C=O) groups is 3. The van der Waals surface area contributed by atoms with Crippen LogP contribution >= 0.6 is 11.6 Å². The second-order valence-electron chi connectivity index (χ2n) is 9.63. The van der Waals surface area contributed by atoms with Crippen molar-refractivity contribution in [2.24, 2.45) is 10.9 Å². The van der Waals surface area contributed by atoms with Gasteiger partial charge in [0.15, 0.2) is 0 Å². The van der Waals surface area contributed by atoms with Gasteiger partial charge in [0.1, 0.15) is 11.6 Å². The summed E-state index contributed by atoms with van der Waals surface area (Å²) in [5.41, 5.74) is 1.17. The summed E-state index contributed by atoms with van der Waals surface area (Å²) in [5, 5.41) is 5.51. The Morgan fingerprint density at radius 2 is 1.77 bits per heavy atom. The summed E-state index contributed by atoms with van der Waals surface area (Å²) in [5.74, 6) is 0.101. The predicted octanol–water partition coefficient (Wildman–Crippen LogP) is 5.91. The second-order valence-corrected chi connectivity index (χ2v) is 10.1. The Kier molecular flexibility index (Phi) is 10.4. The lowest BCUT2D eigenvalue weighted by Crippen LogP contribution is -2.36. The van der Waals surface area contributed by atoms with E-state index in [1.807, 2.05) is 4.90 Å². The smallest absolute Gasteiger partial charge is 0.309 e. The largest absolute Gasteiger partial charge is 0.494 e. The Hall–Kier alpha value is -4.88. The van der Waals surface area contributed by atoms with Crippen LogP contribution in [0.25, 0.3) is 0 Å². The number of anilines is 2. The molecule has 2 N–H and O–H groups in total. The van der Waals surface area contributed by atoms with E-state index in [2.05, 4.69) is 21.5 Å². The summed E-state index contributed by atoms with van der Waals surface area (Å²) in [7, 11) is 1.36. The van der Waals surface area contributed by atoms with Crippen molar-refractivity contribution in [3.05, 3.63) is 82.1 Å². The number of hydrogen-bond donors (Lipinski definition) is 2. The van der Waals surface area contributed by atoms with Crippen LogP contribution in [0.1, 0.15) is 46.0 Å². The number of methoxy groups -OCH3 is 1. The Balaban J connectivity index is 1.47. The molecule has 3 aromatic carbocycles. The number of terminal acetylenes is 1. The third-order valence-electron chi connectivity index (χ3n) is 6.80. The molecule has 4 rings (SSSR count). The number of piperidine rings is 1. The Bertz CT molecular complexity index is 1580. The summed E-state index contributed by atoms with van der Waals surface area (Å²) >= 11 is 6.21. The summed E-state index contributed by atoms with van der Waals surface area (Å²) in [4.78, 5) is 44.6. The van der Waals surface area contributed by atoms with Gasteiger partial charge < -0.3 is 25.0 Å². The molecule has 0 spiro atoms. The van der Waals surface area contributed by atoms with Crippen molar-refractivity contribution in [2.75, 3.05) is 37.4 Å². The molecule has 0 atom stereocenters. The van der Waals surface area contributed by atoms with E-state index in [4.69, 9.17) is 27.5 Å². The molecular weight excluding hydrogens is 575 g/mol. The zero-order valence-electron chi connectivity index (χ0n) is 23.7. The fourth-order valence-corrected chi connectivity index (χ4v) is 4.72. The van der Waals surface area contributed by atoms with Gasteiger partial charge in [-0.05, 0) is 62.2 Å². The van der Waals surface area contributed by atoms with E-state index in [0.29, 0.717) is 49.5 Å². The van der Waals surface area contributed by atoms with Gasteiger partial charge in [0.25, 0.3) is 11.8 Å². The number of ether oxygens (including phenoxy) is 2. The highest BCUT2D eigenvalue weighted by molar-refractivity contribution is 6.31. The van der Waals surface area contributed by atoms with E-state index < -0.39 is 17.6 Å². The monoisotopic (exact) mass is 604 g/mol. The van der Waals surface area contributed by atoms with Crippen LogP contribution in [-0.4, -0.2) is 55.8 Å². The highest BCUT2D eigenvalue weighted by Crippen LogP contribution is 2.34. The minimum Gasteiger partial charge on any atom is -0.494 e. The van der Waals surface area contributed by atoms with Crippen molar-refractivity contribution in [3.8, 4) is 18.1 Å². The number of halogens is 2. The SMILES string of the molecule is C#Cc1ccc(NC(=O)c2cc(Cl)cc(OC)c2NC(=O)c2ccc(N=CN3CCC(C(=O)OCC)CC3)cc2F)cc1. The highest BCUT2D eigenvalue weighted by Gasteiger charge is 2.25. The number of aliphatic imine (C=N–C) groups is 1. The Morgan fingerprint density at radius 3 is 2.40 bits per heavy atom. The molecule has 3 aromatic rings. The molecule has 1 aliphatic heterocycles. The summed E-state index contributed by atoms with van der Waals surface area (Å²) < 4.78 is 25.5. The number of carbonyl (C=O) groups excluding carboxylic acids is 3. The van der Waals surface area contributed by atoms with Gasteiger partial charge in [0, 0.05) is 41.5 Å². The van der Waals surface area contributed by atoms with Crippen molar-refractivity contribution in [1.29, 1.82) is 0 Å². The van der Waals surface area contributed by atoms with E-state index in [1.54, 1.807) is 37.5 Å². The summed E-state index contributed by atoms with van der Waals surface area (Å²) in [6.45, 7) is 3.37. The zero-order chi connectivity index (χ0) is 30.9. The van der Waals surface area contributed by atoms with Crippen molar-refractivity contribution < 1.29 is 28.2 Å². The van der Waals surface area contributed by atoms with Crippen molar-refractivity contribution in [2.45, 2.75) is 19.8 Å². The molecule has 1 saturated heterocycles. The average molecular weight is 605 g/mol. The van der Waals surface area contributed by atoms with E-state index in [1.165, 1.54) is 31.4 Å². The van der Waals surface area contributed by atoms with Crippen molar-refractivity contribution in [3.63, 3.8) is 0 Å². The second kappa shape index (κ2) is 14.3. The van der Waals surface area contributed by atoms with E-state index in [9.17, 15) is 14.4 Å². The first-order chi connectivity index (χ1) is 20.7. The Labute approximate surface area is 254 Å². The molecule has 43 heavy (non-hydrogen) atoms. The number of hydrogen-bond acceptors (Lipinski definition) is 6. The van der Waals surface area contributed by atoms with Crippen molar-refractivity contribution >= 4 is 52.8 Å². The molecule has 9 nitrogen and oxygen atoms in total. The van der Waals surface area contributed by atoms with Crippen LogP contribution in [0.5, 0.6) is 5.75 Å². The lowest BCUT2D eigenvalue weighted by atomic mass is 9.97. The predicted molar refractivity (Wildman–Crippen MR) is 164 cm³/mol. The fourth-order valence-electron chi connectivity index (χ4n) is 4.51. The van der Waals surface area contributed by atoms with Crippen molar-refractivity contribution in [1.82, 2.24) is 4.90 Å². The van der Waals surface area contributed by atoms with Gasteiger partial charge in [-0.2, -0.15) is 0 Å². The molecule has 0 bridgehead atoms. The first-order valence-electron chi connectivity index (χ1n) is 13.5. The minimum atomic E-state index is -0.805. The van der Waals surface area contributed by atoms with Crippen LogP contribution in [0.2, 0.25) is 5.02 Å². The number of likely N-dealkylation sites (tertiary alicyclic amines) is 1. The highest BCUT2D eigenvalue weighted by atomic mass is 35.5. The third kappa shape index (κ3) is 7.90. The molecule has 0 saturated carbocycles. The molecule has 1 fully saturated rings. The maximum absolute atomic E-state index is 15.1. The fraction of sp³-hybridized carbons (Fsp3) is 0.250. The van der Waals surface area contributed by atoms with Crippen LogP contribution in [0, 0.1) is 24.1 Å². The maximum atomic E-state index is 15.1. The summed E-state index contributed by atoms with van der Waals surface area (Å²) in [6.07, 6.45) is 8.27. The molecule has 222 valence electrons. The molecular formula is C32H30ClFN4O5. The third-order valence-corrected chi connectivity index (χ3v) is 7.01. The van der Waals surface area contributed by atoms with E-state index >= 15 is 4.39 Å². The normalized spacial score (nSPS) is 13.3. The Morgan fingerprint density at radius 1 is 1.07 bits per heavy atom. The van der Waals surface area contributed by atoms with Crippen LogP contribution in [-0.2, 0) is 9.53 Å². The molecule has 1 aliphatic rings. The number of rotatable bonds is 9. The van der Waals surface area contributed by atoms with E-state index in [0.717, 1.165) is 6.07 Å². The number of benzene rings is 3. The number of amides is 2. The van der Waals surface area contributed by atoms with Gasteiger partial charge >= 0.3 is 5.97 Å². The molecule has 2 amide bonds. The molecule has 11 heteroatoms. The van der Waals surface area contributed by atoms with Gasteiger partial charge in [0.05, 0.1) is 48.5 Å². The van der Waals surface area contributed by atoms with Crippen LogP contribution < -0.4 is 15.4 Å². The minimum absolute atomic E-state index is 0.00656. The molecule has 0 unspecified atom stereocenters. The topological polar surface area (TPSA) is 109 Å². The lowest BCUT2D eigenvalue weighted by Gasteiger charge is -2.29. The lowest BCUT2D eigenvalue weighted by molar-refractivity contribution is -0.149. The first kappa shape index (κ1) is 31.1. The molecule has 0 aliphatic carbocycles. The van der Waals surface area contributed by atoms with E-state index in [-0.39, 0.29) is 39.5 Å². The van der Waals surface area contributed by atoms with Gasteiger partial charge in [-0.3, -0.25) is 14.4 Å². The zero-order valence-corrected chi connectivity index (χ0v) is 24.4. The first-order valence-corrected chi connectivity index (χ1v) is 13.9. The number of esters is 1. The molecule has 0 aromatic heterocycles. The van der Waals surface area contributed by atoms with Gasteiger partial charge in [0.2, 0.25) is 0 Å². The summed E-state index contributed by atoms with van der Waals surface area (Å²) in [6, 6.07) is 13.4. The average Bonchev–Trinajstić information content (AvgIpc) is 3.01. The number of nitrogens with one attached hydrogen (secondary N) is 2. The van der Waals surface area contributed by atoms with Gasteiger partial charge in [-0.15, -0.1) is 6.42 Å². The van der Waals surface area contributed by atoms with Gasteiger partial charge in [-0.25, -0.2) is 9.38 Å². The quantitative estimate of drug-likeness (QED) is 0.136.